The predicted molar refractivity (Wildman–Crippen MR) is 78.0 cm³/mol. The molecule has 5 nitrogen and oxygen atoms in total. The molecule has 20 heavy (non-hydrogen) atoms. The van der Waals surface area contributed by atoms with E-state index in [1.54, 1.807) is 6.07 Å². The zero-order valence-electron chi connectivity index (χ0n) is 10.8. The highest BCUT2D eigenvalue weighted by Gasteiger charge is 2.40. The summed E-state index contributed by atoms with van der Waals surface area (Å²) in [5, 5.41) is 12.0. The highest BCUT2D eigenvalue weighted by atomic mass is 79.9. The molecule has 2 saturated heterocycles. The van der Waals surface area contributed by atoms with Gasteiger partial charge < -0.3 is 15.3 Å². The van der Waals surface area contributed by atoms with Gasteiger partial charge in [-0.3, -0.25) is 4.79 Å². The van der Waals surface area contributed by atoms with E-state index in [2.05, 4.69) is 26.1 Å². The van der Waals surface area contributed by atoms with Crippen molar-refractivity contribution in [2.45, 2.75) is 18.9 Å². The number of rotatable bonds is 2. The molecular formula is C14H15BrN2O3. The summed E-state index contributed by atoms with van der Waals surface area (Å²) in [4.78, 5) is 25.0. The maximum atomic E-state index is 11.8. The number of benzene rings is 1. The number of nitrogens with one attached hydrogen (secondary N) is 1. The van der Waals surface area contributed by atoms with Gasteiger partial charge in [-0.25, -0.2) is 4.79 Å². The van der Waals surface area contributed by atoms with E-state index in [4.69, 9.17) is 5.11 Å². The number of hydrogen-bond acceptors (Lipinski definition) is 3. The highest BCUT2D eigenvalue weighted by molar-refractivity contribution is 9.10. The van der Waals surface area contributed by atoms with Gasteiger partial charge in [-0.1, -0.05) is 0 Å². The number of piperidine rings is 1. The molecule has 3 rings (SSSR count). The van der Waals surface area contributed by atoms with Gasteiger partial charge in [0.15, 0.2) is 0 Å². The molecule has 2 atom stereocenters. The molecule has 0 aliphatic carbocycles. The Morgan fingerprint density at radius 3 is 2.95 bits per heavy atom. The molecule has 2 unspecified atom stereocenters. The van der Waals surface area contributed by atoms with Gasteiger partial charge in [0.05, 0.1) is 17.5 Å². The molecule has 2 fully saturated rings. The lowest BCUT2D eigenvalue weighted by molar-refractivity contribution is -0.123. The van der Waals surface area contributed by atoms with Gasteiger partial charge in [-0.05, 0) is 47.0 Å². The average molecular weight is 339 g/mol. The number of hydrogen-bond donors (Lipinski definition) is 2. The van der Waals surface area contributed by atoms with Crippen molar-refractivity contribution < 1.29 is 14.7 Å². The minimum Gasteiger partial charge on any atom is -0.478 e. The van der Waals surface area contributed by atoms with Gasteiger partial charge in [0.2, 0.25) is 5.91 Å². The van der Waals surface area contributed by atoms with Crippen LogP contribution < -0.4 is 10.2 Å². The molecule has 2 aliphatic rings. The Kier molecular flexibility index (Phi) is 3.41. The van der Waals surface area contributed by atoms with Crippen LogP contribution in [0.15, 0.2) is 22.7 Å². The molecule has 0 aromatic heterocycles. The van der Waals surface area contributed by atoms with Crippen LogP contribution in [-0.2, 0) is 4.79 Å². The van der Waals surface area contributed by atoms with Crippen molar-refractivity contribution in [1.29, 1.82) is 0 Å². The second-order valence-electron chi connectivity index (χ2n) is 5.22. The summed E-state index contributed by atoms with van der Waals surface area (Å²) in [6, 6.07) is 5.43. The number of aromatic carboxylic acids is 1. The summed E-state index contributed by atoms with van der Waals surface area (Å²) in [7, 11) is 0. The summed E-state index contributed by atoms with van der Waals surface area (Å²) in [6.07, 6.45) is 1.91. The molecule has 106 valence electrons. The smallest absolute Gasteiger partial charge is 0.336 e. The lowest BCUT2D eigenvalue weighted by Gasteiger charge is -2.37. The molecule has 6 heteroatoms. The van der Waals surface area contributed by atoms with Crippen molar-refractivity contribution in [3.63, 3.8) is 0 Å². The summed E-state index contributed by atoms with van der Waals surface area (Å²) in [5.74, 6) is -0.750. The van der Waals surface area contributed by atoms with Crippen molar-refractivity contribution >= 4 is 33.5 Å². The zero-order valence-corrected chi connectivity index (χ0v) is 12.4. The molecule has 2 N–H and O–H groups in total. The average Bonchev–Trinajstić information content (AvgIpc) is 2.80. The van der Waals surface area contributed by atoms with E-state index in [0.29, 0.717) is 11.0 Å². The van der Waals surface area contributed by atoms with Crippen LogP contribution in [0.1, 0.15) is 23.2 Å². The molecular weight excluding hydrogens is 324 g/mol. The summed E-state index contributed by atoms with van der Waals surface area (Å²) in [6.45, 7) is 1.57. The predicted octanol–water partition coefficient (Wildman–Crippen LogP) is 1.86. The van der Waals surface area contributed by atoms with Gasteiger partial charge >= 0.3 is 5.97 Å². The lowest BCUT2D eigenvalue weighted by atomic mass is 9.91. The van der Waals surface area contributed by atoms with Crippen LogP contribution in [0.25, 0.3) is 0 Å². The van der Waals surface area contributed by atoms with Crippen LogP contribution in [0.2, 0.25) is 0 Å². The van der Waals surface area contributed by atoms with Crippen molar-refractivity contribution in [1.82, 2.24) is 5.32 Å². The first-order chi connectivity index (χ1) is 9.58. The van der Waals surface area contributed by atoms with E-state index in [1.807, 2.05) is 12.1 Å². The van der Waals surface area contributed by atoms with Crippen LogP contribution in [-0.4, -0.2) is 36.1 Å². The van der Waals surface area contributed by atoms with E-state index in [9.17, 15) is 9.59 Å². The summed E-state index contributed by atoms with van der Waals surface area (Å²) < 4.78 is 0.571. The van der Waals surface area contributed by atoms with E-state index >= 15 is 0 Å². The first kappa shape index (κ1) is 13.4. The van der Waals surface area contributed by atoms with Crippen LogP contribution in [0.5, 0.6) is 0 Å². The highest BCUT2D eigenvalue weighted by Crippen LogP contribution is 2.33. The maximum Gasteiger partial charge on any atom is 0.336 e. The zero-order chi connectivity index (χ0) is 14.3. The van der Waals surface area contributed by atoms with Crippen LogP contribution in [0.4, 0.5) is 5.69 Å². The normalized spacial score (nSPS) is 25.2. The van der Waals surface area contributed by atoms with Gasteiger partial charge in [0, 0.05) is 23.2 Å². The number of anilines is 1. The van der Waals surface area contributed by atoms with Gasteiger partial charge in [-0.2, -0.15) is 0 Å². The SMILES string of the molecule is O=C(O)c1ccc(N2CCCC3C(=O)NCC32)cc1Br. The number of carbonyl (C=O) groups excluding carboxylic acids is 1. The van der Waals surface area contributed by atoms with Crippen molar-refractivity contribution in [3.05, 3.63) is 28.2 Å². The van der Waals surface area contributed by atoms with Gasteiger partial charge in [0.1, 0.15) is 0 Å². The summed E-state index contributed by atoms with van der Waals surface area (Å²) >= 11 is 3.31. The molecule has 2 heterocycles. The quantitative estimate of drug-likeness (QED) is 0.863. The van der Waals surface area contributed by atoms with E-state index < -0.39 is 5.97 Å². The van der Waals surface area contributed by atoms with Crippen molar-refractivity contribution in [2.75, 3.05) is 18.0 Å². The lowest BCUT2D eigenvalue weighted by Crippen LogP contribution is -2.45. The molecule has 1 amide bonds. The van der Waals surface area contributed by atoms with Crippen LogP contribution in [0, 0.1) is 5.92 Å². The Balaban J connectivity index is 1.90. The fraction of sp³-hybridized carbons (Fsp3) is 0.429. The third-order valence-electron chi connectivity index (χ3n) is 4.12. The molecule has 0 saturated carbocycles. The monoisotopic (exact) mass is 338 g/mol. The number of nitrogens with zero attached hydrogens (tertiary/aromatic N) is 1. The standard InChI is InChI=1S/C14H15BrN2O3/c15-11-6-8(3-4-9(11)14(19)20)17-5-1-2-10-12(17)7-16-13(10)18/h3-4,6,10,12H,1-2,5,7H2,(H,16,18)(H,19,20). The fourth-order valence-corrected chi connectivity index (χ4v) is 3.66. The molecule has 1 aromatic rings. The second-order valence-corrected chi connectivity index (χ2v) is 6.08. The molecule has 2 aliphatic heterocycles. The second kappa shape index (κ2) is 5.09. The van der Waals surface area contributed by atoms with Gasteiger partial charge in [-0.15, -0.1) is 0 Å². The molecule has 0 radical (unpaired) electrons. The Bertz CT molecular complexity index is 576. The maximum absolute atomic E-state index is 11.8. The number of halogens is 1. The Morgan fingerprint density at radius 1 is 1.45 bits per heavy atom. The topological polar surface area (TPSA) is 69.6 Å². The Morgan fingerprint density at radius 2 is 2.25 bits per heavy atom. The largest absolute Gasteiger partial charge is 0.478 e. The van der Waals surface area contributed by atoms with Crippen molar-refractivity contribution in [2.24, 2.45) is 5.92 Å². The molecule has 0 bridgehead atoms. The number of carbonyl (C=O) groups is 2. The van der Waals surface area contributed by atoms with E-state index in [1.165, 1.54) is 0 Å². The van der Waals surface area contributed by atoms with E-state index in [0.717, 1.165) is 25.1 Å². The van der Waals surface area contributed by atoms with Crippen LogP contribution in [0.3, 0.4) is 0 Å². The first-order valence-electron chi connectivity index (χ1n) is 6.65. The number of amides is 1. The third kappa shape index (κ3) is 2.18. The first-order valence-corrected chi connectivity index (χ1v) is 7.44. The molecule has 0 spiro atoms. The fourth-order valence-electron chi connectivity index (χ4n) is 3.13. The molecule has 1 aromatic carbocycles. The third-order valence-corrected chi connectivity index (χ3v) is 4.77. The van der Waals surface area contributed by atoms with Crippen LogP contribution >= 0.6 is 15.9 Å². The van der Waals surface area contributed by atoms with E-state index in [-0.39, 0.29) is 23.4 Å². The van der Waals surface area contributed by atoms with Gasteiger partial charge in [0.25, 0.3) is 0 Å². The Hall–Kier alpha value is -1.56. The number of carboxylic acid groups (broad SMARTS) is 1. The van der Waals surface area contributed by atoms with Crippen molar-refractivity contribution in [3.8, 4) is 0 Å². The minimum atomic E-state index is -0.947. The minimum absolute atomic E-state index is 0.0571. The Labute approximate surface area is 125 Å². The summed E-state index contributed by atoms with van der Waals surface area (Å²) in [5.41, 5.74) is 1.22. The number of fused-ring (bicyclic) bond motifs is 1. The number of carboxylic acids is 1.